The number of aryl methyl sites for hydroxylation is 1. The predicted octanol–water partition coefficient (Wildman–Crippen LogP) is 3.31. The van der Waals surface area contributed by atoms with Crippen LogP contribution in [-0.4, -0.2) is 164 Å². The Morgan fingerprint density at radius 1 is 0.899 bits per heavy atom. The van der Waals surface area contributed by atoms with Gasteiger partial charge in [0.05, 0.1) is 39.1 Å². The Hall–Kier alpha value is -3.33. The third-order valence-electron chi connectivity index (χ3n) is 16.0. The molecule has 2 heterocycles. The minimum Gasteiger partial charge on any atom is -0.494 e. The van der Waals surface area contributed by atoms with Gasteiger partial charge in [-0.15, -0.1) is 0 Å². The van der Waals surface area contributed by atoms with E-state index in [4.69, 9.17) is 34.2 Å². The van der Waals surface area contributed by atoms with Gasteiger partial charge in [0.2, 0.25) is 11.8 Å². The zero-order valence-electron chi connectivity index (χ0n) is 42.5. The lowest BCUT2D eigenvalue weighted by atomic mass is 9.54. The maximum absolute atomic E-state index is 13.1. The molecule has 8 N–H and O–H groups in total. The maximum Gasteiger partial charge on any atom is 0.223 e. The van der Waals surface area contributed by atoms with E-state index in [1.165, 1.54) is 5.56 Å². The number of aliphatic hydroxyl groups excluding tert-OH is 4. The minimum atomic E-state index is -1.52. The van der Waals surface area contributed by atoms with E-state index < -0.39 is 59.5 Å². The molecule has 5 aliphatic rings. The summed E-state index contributed by atoms with van der Waals surface area (Å²) in [4.78, 5) is 40.2. The summed E-state index contributed by atoms with van der Waals surface area (Å²) < 4.78 is 34.7. The van der Waals surface area contributed by atoms with Crippen LogP contribution >= 0.6 is 0 Å². The number of epoxide rings is 1. The van der Waals surface area contributed by atoms with Crippen LogP contribution in [-0.2, 0) is 38.1 Å². The van der Waals surface area contributed by atoms with Crippen molar-refractivity contribution >= 4 is 17.6 Å². The quantitative estimate of drug-likeness (QED) is 0.0581. The Bertz CT molecular complexity index is 2030. The van der Waals surface area contributed by atoms with Gasteiger partial charge in [0.1, 0.15) is 36.3 Å². The summed E-state index contributed by atoms with van der Waals surface area (Å²) in [5, 5.41) is 47.8. The molecule has 2 amide bonds. The lowest BCUT2D eigenvalue weighted by Gasteiger charge is -2.55. The number of fused-ring (bicyclic) bond motifs is 1. The molecule has 1 aromatic carbocycles. The minimum absolute atomic E-state index is 0.00726. The molecule has 17 nitrogen and oxygen atoms in total. The molecule has 4 fully saturated rings. The average Bonchev–Trinajstić information content (AvgIpc) is 3.96. The highest BCUT2D eigenvalue weighted by molar-refractivity contribution is 6.11. The van der Waals surface area contributed by atoms with Crippen molar-refractivity contribution < 1.29 is 63.2 Å². The number of ketones is 1. The van der Waals surface area contributed by atoms with Gasteiger partial charge in [-0.1, -0.05) is 44.9 Å². The molecule has 6 rings (SSSR count). The number of carbonyl (C=O) groups excluding carboxylic acids is 3. The highest BCUT2D eigenvalue weighted by Gasteiger charge is 2.63. The zero-order chi connectivity index (χ0) is 50.4. The van der Waals surface area contributed by atoms with Gasteiger partial charge in [0, 0.05) is 68.0 Å². The van der Waals surface area contributed by atoms with Gasteiger partial charge in [-0.2, -0.15) is 0 Å². The second-order valence-electron chi connectivity index (χ2n) is 21.2. The molecule has 2 saturated heterocycles. The molecule has 0 radical (unpaired) electrons. The molecule has 12 unspecified atom stereocenters. The van der Waals surface area contributed by atoms with E-state index in [-0.39, 0.29) is 48.4 Å². The summed E-state index contributed by atoms with van der Waals surface area (Å²) in [6.07, 6.45) is -3.95. The number of nitrogens with zero attached hydrogens (tertiary/aromatic N) is 1. The number of hydrogen-bond donors (Lipinski definition) is 7. The van der Waals surface area contributed by atoms with Crippen molar-refractivity contribution in [2.45, 2.75) is 167 Å². The molecule has 3 aliphatic carbocycles. The molecule has 69 heavy (non-hydrogen) atoms. The van der Waals surface area contributed by atoms with E-state index >= 15 is 0 Å². The summed E-state index contributed by atoms with van der Waals surface area (Å²) >= 11 is 0. The Kier molecular flexibility index (Phi) is 18.7. The van der Waals surface area contributed by atoms with Gasteiger partial charge in [0.25, 0.3) is 0 Å². The number of allylic oxidation sites excluding steroid dienone is 4. The van der Waals surface area contributed by atoms with Crippen molar-refractivity contribution in [3.05, 3.63) is 51.6 Å². The number of nitrogens with two attached hydrogens (primary N) is 1. The maximum atomic E-state index is 13.1. The molecule has 2 saturated carbocycles. The third kappa shape index (κ3) is 12.7. The summed E-state index contributed by atoms with van der Waals surface area (Å²) in [6, 6.07) is 6.19. The fourth-order valence-corrected chi connectivity index (χ4v) is 11.4. The molecule has 0 bridgehead atoms. The van der Waals surface area contributed by atoms with Crippen LogP contribution in [0.3, 0.4) is 0 Å². The highest BCUT2D eigenvalue weighted by atomic mass is 16.8. The lowest BCUT2D eigenvalue weighted by molar-refractivity contribution is -0.318. The van der Waals surface area contributed by atoms with Gasteiger partial charge in [-0.05, 0) is 107 Å². The van der Waals surface area contributed by atoms with E-state index in [0.717, 1.165) is 52.9 Å². The molecular formula is C52H82N4O13. The van der Waals surface area contributed by atoms with Crippen LogP contribution in [0.1, 0.15) is 117 Å². The van der Waals surface area contributed by atoms with Crippen LogP contribution in [0.15, 0.2) is 40.5 Å². The number of likely N-dealkylation sites (N-methyl/N-ethyl adjacent to an activating group) is 1. The number of ether oxygens (including phenoxy) is 6. The SMILES string of the molecule is CC1=C(C)C(=O)C(C(C)(C)CC(=O)N(C)CCNCCOCCOCCC(=O)NCCCOc2ccc(C3CCC4(C)C(OC5OC(C6OC6O)C(O)C(O)C5O)CCC4(N)C3C)c(C)c2)=C(C)C1. The van der Waals surface area contributed by atoms with Crippen molar-refractivity contribution in [2.75, 3.05) is 66.3 Å². The summed E-state index contributed by atoms with van der Waals surface area (Å²) in [5.41, 5.74) is 11.9. The normalized spacial score (nSPS) is 32.6. The van der Waals surface area contributed by atoms with Gasteiger partial charge >= 0.3 is 0 Å². The monoisotopic (exact) mass is 971 g/mol. The van der Waals surface area contributed by atoms with E-state index in [1.54, 1.807) is 11.9 Å². The second kappa shape index (κ2) is 23.5. The Labute approximate surface area is 408 Å². The van der Waals surface area contributed by atoms with Crippen LogP contribution < -0.4 is 21.1 Å². The number of Topliss-reactive ketones (excluding diaryl/α,β-unsaturated/α-hetero) is 1. The molecule has 12 atom stereocenters. The average molecular weight is 971 g/mol. The molecule has 0 aromatic heterocycles. The zero-order valence-corrected chi connectivity index (χ0v) is 42.5. The number of benzene rings is 1. The van der Waals surface area contributed by atoms with Crippen LogP contribution in [0, 0.1) is 23.7 Å². The van der Waals surface area contributed by atoms with Gasteiger partial charge in [0.15, 0.2) is 18.4 Å². The van der Waals surface area contributed by atoms with Crippen LogP contribution in [0.5, 0.6) is 5.75 Å². The van der Waals surface area contributed by atoms with Crippen molar-refractivity contribution in [3.63, 3.8) is 0 Å². The number of amides is 2. The van der Waals surface area contributed by atoms with Gasteiger partial charge in [-0.25, -0.2) is 0 Å². The fraction of sp³-hybridized carbons (Fsp3) is 0.750. The predicted molar refractivity (Wildman–Crippen MR) is 258 cm³/mol. The summed E-state index contributed by atoms with van der Waals surface area (Å²) in [5.74, 6) is 1.06. The van der Waals surface area contributed by atoms with Crippen LogP contribution in [0.2, 0.25) is 0 Å². The molecule has 2 aliphatic heterocycles. The molecular weight excluding hydrogens is 889 g/mol. The van der Waals surface area contributed by atoms with Crippen LogP contribution in [0.4, 0.5) is 0 Å². The lowest BCUT2D eigenvalue weighted by Crippen LogP contribution is -2.64. The summed E-state index contributed by atoms with van der Waals surface area (Å²) in [6.45, 7) is 20.6. The number of aliphatic hydroxyl groups is 4. The molecule has 0 spiro atoms. The number of rotatable bonds is 24. The number of carbonyl (C=O) groups is 3. The Balaban J connectivity index is 0.795. The third-order valence-corrected chi connectivity index (χ3v) is 16.0. The Morgan fingerprint density at radius 2 is 1.61 bits per heavy atom. The van der Waals surface area contributed by atoms with Crippen molar-refractivity contribution in [2.24, 2.45) is 22.5 Å². The van der Waals surface area contributed by atoms with Crippen molar-refractivity contribution in [1.29, 1.82) is 0 Å². The molecule has 1 aromatic rings. The van der Waals surface area contributed by atoms with Crippen molar-refractivity contribution in [3.8, 4) is 5.75 Å². The summed E-state index contributed by atoms with van der Waals surface area (Å²) in [7, 11) is 1.79. The van der Waals surface area contributed by atoms with Crippen LogP contribution in [0.25, 0.3) is 0 Å². The van der Waals surface area contributed by atoms with Crippen molar-refractivity contribution in [1.82, 2.24) is 15.5 Å². The largest absolute Gasteiger partial charge is 0.494 e. The first-order valence-corrected chi connectivity index (χ1v) is 25.1. The smallest absolute Gasteiger partial charge is 0.223 e. The molecule has 388 valence electrons. The van der Waals surface area contributed by atoms with Gasteiger partial charge in [-0.3, -0.25) is 14.4 Å². The highest BCUT2D eigenvalue weighted by Crippen LogP contribution is 2.61. The second-order valence-corrected chi connectivity index (χ2v) is 21.2. The van der Waals surface area contributed by atoms with Gasteiger partial charge < -0.3 is 70.1 Å². The first-order valence-electron chi connectivity index (χ1n) is 25.1. The number of hydrogen-bond acceptors (Lipinski definition) is 15. The first kappa shape index (κ1) is 55.0. The Morgan fingerprint density at radius 3 is 2.30 bits per heavy atom. The topological polar surface area (TPSA) is 244 Å². The van der Waals surface area contributed by atoms with E-state index in [9.17, 15) is 34.8 Å². The number of nitrogens with one attached hydrogen (secondary N) is 2. The van der Waals surface area contributed by atoms with E-state index in [2.05, 4.69) is 43.5 Å². The standard InChI is InChI=1S/C52H82N4O13/c1-30-27-32(3)41(42(59)33(30)4)50(6,7)29-40(58)56(9)21-19-54-20-24-65-26-25-64-23-15-39(57)55-18-10-22-66-35-11-12-36(31(2)28-35)37-13-16-51(8)38(14-17-52(51,53)34(37)5)67-49-45(62)43(60)44(61)46(69-49)47-48(63)68-47/h11-12,28,34,37-38,43-49,54,60-63H,10,13-27,29,53H2,1-9H3,(H,55,57). The van der Waals surface area contributed by atoms with E-state index in [0.29, 0.717) is 78.5 Å². The fourth-order valence-electron chi connectivity index (χ4n) is 11.4. The first-order chi connectivity index (χ1) is 32.6. The molecule has 17 heteroatoms. The van der Waals surface area contributed by atoms with E-state index in [1.807, 2.05) is 40.7 Å².